The average Bonchev–Trinajstić information content (AvgIpc) is 3.48. The van der Waals surface area contributed by atoms with Crippen molar-refractivity contribution in [3.63, 3.8) is 0 Å². The van der Waals surface area contributed by atoms with Crippen LogP contribution in [-0.2, 0) is 27.2 Å². The van der Waals surface area contributed by atoms with E-state index in [0.29, 0.717) is 37.1 Å². The SMILES string of the molecule is CC(C(=O)Nc1cc(C#N)c2c(c1)CC(O)(CNCCC1CN(c3cnc4c(n3)NC(=O)CO4)C(=O)O1)C2)N(C)C. The van der Waals surface area contributed by atoms with Gasteiger partial charge >= 0.3 is 6.09 Å². The number of ether oxygens (including phenoxy) is 2. The van der Waals surface area contributed by atoms with Crippen LogP contribution in [0.15, 0.2) is 18.3 Å². The number of aliphatic hydroxyl groups is 1. The Bertz CT molecular complexity index is 1430. The molecule has 2 aliphatic heterocycles. The Morgan fingerprint density at radius 2 is 2.17 bits per heavy atom. The number of hydrogen-bond acceptors (Lipinski definition) is 11. The summed E-state index contributed by atoms with van der Waals surface area (Å²) in [5, 5.41) is 29.7. The van der Waals surface area contributed by atoms with E-state index in [2.05, 4.69) is 32.0 Å². The van der Waals surface area contributed by atoms with Crippen molar-refractivity contribution < 1.29 is 29.0 Å². The summed E-state index contributed by atoms with van der Waals surface area (Å²) >= 11 is 0. The van der Waals surface area contributed by atoms with Gasteiger partial charge in [0.1, 0.15) is 6.10 Å². The van der Waals surface area contributed by atoms with Crippen LogP contribution in [0.5, 0.6) is 5.88 Å². The number of fused-ring (bicyclic) bond motifs is 2. The number of benzene rings is 1. The third-order valence-corrected chi connectivity index (χ3v) is 7.48. The summed E-state index contributed by atoms with van der Waals surface area (Å²) < 4.78 is 10.7. The second-order valence-electron chi connectivity index (χ2n) is 10.8. The van der Waals surface area contributed by atoms with E-state index in [4.69, 9.17) is 9.47 Å². The van der Waals surface area contributed by atoms with Gasteiger partial charge in [0.25, 0.3) is 11.8 Å². The molecule has 3 heterocycles. The molecule has 3 amide bonds. The number of nitrogens with zero attached hydrogens (tertiary/aromatic N) is 5. The molecule has 3 atom stereocenters. The summed E-state index contributed by atoms with van der Waals surface area (Å²) in [4.78, 5) is 48.1. The van der Waals surface area contributed by atoms with Gasteiger partial charge in [0.05, 0.1) is 36.0 Å². The lowest BCUT2D eigenvalue weighted by atomic mass is 9.99. The van der Waals surface area contributed by atoms with Gasteiger partial charge in [0, 0.05) is 25.1 Å². The second-order valence-corrected chi connectivity index (χ2v) is 10.8. The molecule has 0 bridgehead atoms. The molecule has 4 N–H and O–H groups in total. The number of aromatic nitrogens is 2. The summed E-state index contributed by atoms with van der Waals surface area (Å²) in [7, 11) is 3.63. The zero-order chi connectivity index (χ0) is 29.3. The Kier molecular flexibility index (Phi) is 7.76. The Balaban J connectivity index is 1.13. The van der Waals surface area contributed by atoms with Crippen molar-refractivity contribution in [1.82, 2.24) is 20.2 Å². The maximum Gasteiger partial charge on any atom is 0.415 e. The molecule has 1 saturated heterocycles. The molecule has 3 unspecified atom stereocenters. The number of carbonyl (C=O) groups is 3. The number of nitrogens with one attached hydrogen (secondary N) is 3. The number of likely N-dealkylation sites (N-methyl/N-ethyl adjacent to an activating group) is 1. The maximum absolute atomic E-state index is 12.5. The standard InChI is InChI=1S/C27H32N8O6/c1-15(34(2)3)24(37)31-18-6-16-8-27(39,9-20(16)17(7-18)10-28)14-29-5-4-19-12-35(26(38)41-19)21-11-30-25-23(32-21)33-22(36)13-40-25/h6-7,11,15,19,29,39H,4-5,8-9,12-14H2,1-3H3,(H,31,37)(H,32,33,36). The third kappa shape index (κ3) is 6.07. The Morgan fingerprint density at radius 3 is 2.93 bits per heavy atom. The molecular formula is C27H32N8O6. The molecule has 14 nitrogen and oxygen atoms in total. The fraction of sp³-hybridized carbons (Fsp3) is 0.481. The molecule has 0 spiro atoms. The molecule has 1 aromatic heterocycles. The maximum atomic E-state index is 12.5. The minimum absolute atomic E-state index is 0.141. The van der Waals surface area contributed by atoms with Gasteiger partial charge in [-0.15, -0.1) is 0 Å². The number of cyclic esters (lactones) is 1. The van der Waals surface area contributed by atoms with Gasteiger partial charge in [-0.1, -0.05) is 0 Å². The van der Waals surface area contributed by atoms with E-state index >= 15 is 0 Å². The number of hydrogen-bond donors (Lipinski definition) is 4. The number of carbonyl (C=O) groups excluding carboxylic acids is 3. The van der Waals surface area contributed by atoms with Crippen LogP contribution in [-0.4, -0.2) is 96.0 Å². The zero-order valence-electron chi connectivity index (χ0n) is 23.1. The smallest absolute Gasteiger partial charge is 0.415 e. The number of anilines is 3. The summed E-state index contributed by atoms with van der Waals surface area (Å²) in [6.07, 6.45) is 1.55. The number of amides is 3. The zero-order valence-corrected chi connectivity index (χ0v) is 23.1. The summed E-state index contributed by atoms with van der Waals surface area (Å²) in [5.74, 6) is 0.0529. The van der Waals surface area contributed by atoms with Gasteiger partial charge in [-0.25, -0.2) is 14.8 Å². The highest BCUT2D eigenvalue weighted by Crippen LogP contribution is 2.35. The first-order valence-electron chi connectivity index (χ1n) is 13.3. The molecule has 5 rings (SSSR count). The van der Waals surface area contributed by atoms with Crippen LogP contribution in [0, 0.1) is 11.3 Å². The van der Waals surface area contributed by atoms with Crippen molar-refractivity contribution in [2.45, 2.75) is 43.9 Å². The van der Waals surface area contributed by atoms with Gasteiger partial charge in [-0.3, -0.25) is 19.4 Å². The highest BCUT2D eigenvalue weighted by molar-refractivity contribution is 5.95. The molecule has 0 saturated carbocycles. The quantitative estimate of drug-likeness (QED) is 0.309. The van der Waals surface area contributed by atoms with Crippen LogP contribution >= 0.6 is 0 Å². The van der Waals surface area contributed by atoms with Crippen molar-refractivity contribution in [1.29, 1.82) is 5.26 Å². The van der Waals surface area contributed by atoms with E-state index in [1.165, 1.54) is 11.1 Å². The van der Waals surface area contributed by atoms with E-state index in [0.717, 1.165) is 11.1 Å². The fourth-order valence-corrected chi connectivity index (χ4v) is 5.05. The first-order chi connectivity index (χ1) is 19.5. The molecule has 1 aromatic carbocycles. The largest absolute Gasteiger partial charge is 0.465 e. The van der Waals surface area contributed by atoms with Gasteiger partial charge in [-0.05, 0) is 57.2 Å². The number of rotatable bonds is 9. The van der Waals surface area contributed by atoms with Crippen LogP contribution in [0.3, 0.4) is 0 Å². The van der Waals surface area contributed by atoms with Crippen molar-refractivity contribution in [2.24, 2.45) is 0 Å². The van der Waals surface area contributed by atoms with Crippen molar-refractivity contribution in [3.05, 3.63) is 35.0 Å². The predicted molar refractivity (Wildman–Crippen MR) is 147 cm³/mol. The lowest BCUT2D eigenvalue weighted by molar-refractivity contribution is -0.120. The van der Waals surface area contributed by atoms with Crippen LogP contribution < -0.4 is 25.6 Å². The molecule has 14 heteroatoms. The molecule has 1 aliphatic carbocycles. The molecule has 0 radical (unpaired) electrons. The summed E-state index contributed by atoms with van der Waals surface area (Å²) in [6.45, 7) is 2.65. The summed E-state index contributed by atoms with van der Waals surface area (Å²) in [6, 6.07) is 5.32. The van der Waals surface area contributed by atoms with Crippen LogP contribution in [0.25, 0.3) is 0 Å². The molecule has 2 aromatic rings. The molecular weight excluding hydrogens is 532 g/mol. The molecule has 3 aliphatic rings. The van der Waals surface area contributed by atoms with E-state index in [1.807, 2.05) is 20.2 Å². The van der Waals surface area contributed by atoms with Crippen molar-refractivity contribution in [3.8, 4) is 11.9 Å². The predicted octanol–water partition coefficient (Wildman–Crippen LogP) is 0.403. The van der Waals surface area contributed by atoms with Gasteiger partial charge in [-0.2, -0.15) is 5.26 Å². The second kappa shape index (κ2) is 11.3. The van der Waals surface area contributed by atoms with Crippen LogP contribution in [0.2, 0.25) is 0 Å². The van der Waals surface area contributed by atoms with Crippen LogP contribution in [0.1, 0.15) is 30.0 Å². The highest BCUT2D eigenvalue weighted by Gasteiger charge is 2.38. The molecule has 1 fully saturated rings. The minimum atomic E-state index is -1.10. The fourth-order valence-electron chi connectivity index (χ4n) is 5.05. The highest BCUT2D eigenvalue weighted by atomic mass is 16.6. The Hall–Kier alpha value is -4.32. The first-order valence-corrected chi connectivity index (χ1v) is 13.3. The lowest BCUT2D eigenvalue weighted by Gasteiger charge is -2.23. The topological polar surface area (TPSA) is 182 Å². The van der Waals surface area contributed by atoms with Crippen molar-refractivity contribution in [2.75, 3.05) is 55.9 Å². The van der Waals surface area contributed by atoms with E-state index < -0.39 is 17.8 Å². The van der Waals surface area contributed by atoms with E-state index in [1.54, 1.807) is 17.9 Å². The third-order valence-electron chi connectivity index (χ3n) is 7.48. The van der Waals surface area contributed by atoms with Gasteiger partial charge in [0.2, 0.25) is 5.91 Å². The Morgan fingerprint density at radius 1 is 1.37 bits per heavy atom. The van der Waals surface area contributed by atoms with Gasteiger partial charge in [0.15, 0.2) is 18.2 Å². The normalized spacial score (nSPS) is 21.9. The first kappa shape index (κ1) is 28.2. The Labute approximate surface area is 236 Å². The molecule has 41 heavy (non-hydrogen) atoms. The monoisotopic (exact) mass is 564 g/mol. The van der Waals surface area contributed by atoms with Crippen molar-refractivity contribution >= 4 is 35.2 Å². The average molecular weight is 565 g/mol. The minimum Gasteiger partial charge on any atom is -0.465 e. The van der Waals surface area contributed by atoms with Gasteiger partial charge < -0.3 is 30.5 Å². The summed E-state index contributed by atoms with van der Waals surface area (Å²) in [5.41, 5.74) is 1.47. The van der Waals surface area contributed by atoms with E-state index in [-0.39, 0.29) is 55.1 Å². The van der Waals surface area contributed by atoms with Crippen LogP contribution in [0.4, 0.5) is 22.1 Å². The number of nitriles is 1. The molecule has 216 valence electrons. The van der Waals surface area contributed by atoms with E-state index in [9.17, 15) is 24.8 Å². The lowest BCUT2D eigenvalue weighted by Crippen LogP contribution is -2.42.